The van der Waals surface area contributed by atoms with E-state index in [1.54, 1.807) is 38.1 Å². The van der Waals surface area contributed by atoms with Gasteiger partial charge in [0.15, 0.2) is 0 Å². The van der Waals surface area contributed by atoms with Crippen LogP contribution in [-0.4, -0.2) is 50.0 Å². The number of benzene rings is 2. The van der Waals surface area contributed by atoms with E-state index in [2.05, 4.69) is 5.32 Å². The summed E-state index contributed by atoms with van der Waals surface area (Å²) >= 11 is 6.38. The van der Waals surface area contributed by atoms with Gasteiger partial charge >= 0.3 is 0 Å². The molecule has 0 bridgehead atoms. The molecule has 196 valence electrons. The molecular formula is C27H36ClN3O4S. The first-order chi connectivity index (χ1) is 17.0. The van der Waals surface area contributed by atoms with Crippen LogP contribution in [0.3, 0.4) is 0 Å². The second kappa shape index (κ2) is 12.1. The van der Waals surface area contributed by atoms with Crippen molar-refractivity contribution in [1.29, 1.82) is 0 Å². The van der Waals surface area contributed by atoms with Crippen molar-refractivity contribution in [2.45, 2.75) is 71.5 Å². The van der Waals surface area contributed by atoms with Crippen LogP contribution in [0.1, 0.15) is 55.7 Å². The summed E-state index contributed by atoms with van der Waals surface area (Å²) in [7, 11) is -3.78. The summed E-state index contributed by atoms with van der Waals surface area (Å²) < 4.78 is 26.7. The van der Waals surface area contributed by atoms with Gasteiger partial charge in [0.25, 0.3) is 0 Å². The molecule has 2 aromatic rings. The molecule has 0 aromatic heterocycles. The Hall–Kier alpha value is -2.58. The molecule has 0 radical (unpaired) electrons. The van der Waals surface area contributed by atoms with Gasteiger partial charge in [0.1, 0.15) is 12.6 Å². The van der Waals surface area contributed by atoms with Crippen molar-refractivity contribution in [3.05, 3.63) is 64.2 Å². The van der Waals surface area contributed by atoms with Crippen molar-refractivity contribution in [3.63, 3.8) is 0 Å². The fourth-order valence-electron chi connectivity index (χ4n) is 4.54. The Balaban J connectivity index is 1.91. The standard InChI is InChI=1S/C27H36ClN3O4S/c1-19-14-15-20(2)25(16-19)31(36(4,34)35)18-26(32)30(17-22-10-8-9-13-24(22)28)21(3)27(33)29-23-11-6-5-7-12-23/h8-10,13-16,21,23H,5-7,11-12,17-18H2,1-4H3,(H,29,33)/t21-/m0/s1. The first-order valence-corrected chi connectivity index (χ1v) is 14.6. The molecule has 3 rings (SSSR count). The zero-order valence-electron chi connectivity index (χ0n) is 21.5. The minimum atomic E-state index is -3.78. The van der Waals surface area contributed by atoms with E-state index in [-0.39, 0.29) is 18.5 Å². The lowest BCUT2D eigenvalue weighted by Crippen LogP contribution is -2.53. The van der Waals surface area contributed by atoms with Crippen LogP contribution in [0.2, 0.25) is 5.02 Å². The zero-order chi connectivity index (χ0) is 26.5. The lowest BCUT2D eigenvalue weighted by molar-refractivity contribution is -0.139. The van der Waals surface area contributed by atoms with Crippen LogP contribution in [0, 0.1) is 13.8 Å². The highest BCUT2D eigenvalue weighted by Gasteiger charge is 2.32. The molecule has 0 spiro atoms. The van der Waals surface area contributed by atoms with Gasteiger partial charge in [-0.05, 0) is 62.4 Å². The highest BCUT2D eigenvalue weighted by Crippen LogP contribution is 2.25. The third-order valence-electron chi connectivity index (χ3n) is 6.73. The van der Waals surface area contributed by atoms with Gasteiger partial charge in [-0.1, -0.05) is 61.2 Å². The van der Waals surface area contributed by atoms with Gasteiger partial charge in [-0.2, -0.15) is 0 Å². The van der Waals surface area contributed by atoms with Crippen LogP contribution in [0.5, 0.6) is 0 Å². The SMILES string of the molecule is Cc1ccc(C)c(N(CC(=O)N(Cc2ccccc2Cl)[C@@H](C)C(=O)NC2CCCCC2)S(C)(=O)=O)c1. The van der Waals surface area contributed by atoms with Crippen molar-refractivity contribution >= 4 is 39.1 Å². The molecule has 1 aliphatic carbocycles. The van der Waals surface area contributed by atoms with E-state index in [1.165, 1.54) is 11.3 Å². The first kappa shape index (κ1) is 28.0. The number of hydrogen-bond donors (Lipinski definition) is 1. The van der Waals surface area contributed by atoms with Crippen LogP contribution in [0.25, 0.3) is 0 Å². The molecule has 0 aliphatic heterocycles. The van der Waals surface area contributed by atoms with Crippen molar-refractivity contribution in [2.24, 2.45) is 0 Å². The molecule has 1 atom stereocenters. The van der Waals surface area contributed by atoms with E-state index >= 15 is 0 Å². The minimum Gasteiger partial charge on any atom is -0.352 e. The molecular weight excluding hydrogens is 498 g/mol. The summed E-state index contributed by atoms with van der Waals surface area (Å²) in [5.74, 6) is -0.729. The largest absolute Gasteiger partial charge is 0.352 e. The van der Waals surface area contributed by atoms with Gasteiger partial charge in [0.2, 0.25) is 21.8 Å². The summed E-state index contributed by atoms with van der Waals surface area (Å²) in [5.41, 5.74) is 2.75. The highest BCUT2D eigenvalue weighted by molar-refractivity contribution is 7.92. The monoisotopic (exact) mass is 533 g/mol. The van der Waals surface area contributed by atoms with Gasteiger partial charge in [-0.25, -0.2) is 8.42 Å². The van der Waals surface area contributed by atoms with Crippen LogP contribution < -0.4 is 9.62 Å². The Bertz CT molecular complexity index is 1200. The first-order valence-electron chi connectivity index (χ1n) is 12.4. The average Bonchev–Trinajstić information content (AvgIpc) is 2.83. The van der Waals surface area contributed by atoms with E-state index < -0.39 is 28.5 Å². The number of anilines is 1. The zero-order valence-corrected chi connectivity index (χ0v) is 23.0. The topological polar surface area (TPSA) is 86.8 Å². The Morgan fingerprint density at radius 3 is 2.39 bits per heavy atom. The van der Waals surface area contributed by atoms with E-state index in [0.29, 0.717) is 16.3 Å². The maximum atomic E-state index is 13.7. The van der Waals surface area contributed by atoms with Crippen LogP contribution in [0.15, 0.2) is 42.5 Å². The third kappa shape index (κ3) is 7.23. The number of carbonyl (C=O) groups excluding carboxylic acids is 2. The number of rotatable bonds is 9. The van der Waals surface area contributed by atoms with Gasteiger partial charge in [-0.15, -0.1) is 0 Å². The molecule has 0 unspecified atom stereocenters. The third-order valence-corrected chi connectivity index (χ3v) is 8.23. The maximum Gasteiger partial charge on any atom is 0.244 e. The van der Waals surface area contributed by atoms with Crippen LogP contribution in [-0.2, 0) is 26.2 Å². The van der Waals surface area contributed by atoms with E-state index in [1.807, 2.05) is 25.1 Å². The number of nitrogens with one attached hydrogen (secondary N) is 1. The summed E-state index contributed by atoms with van der Waals surface area (Å²) in [6, 6.07) is 11.9. The summed E-state index contributed by atoms with van der Waals surface area (Å²) in [6.45, 7) is 5.01. The van der Waals surface area contributed by atoms with Crippen LogP contribution in [0.4, 0.5) is 5.69 Å². The molecule has 1 saturated carbocycles. The molecule has 2 aromatic carbocycles. The van der Waals surface area contributed by atoms with Crippen LogP contribution >= 0.6 is 11.6 Å². The quantitative estimate of drug-likeness (QED) is 0.511. The predicted octanol–water partition coefficient (Wildman–Crippen LogP) is 4.59. The lowest BCUT2D eigenvalue weighted by atomic mass is 9.95. The Kier molecular flexibility index (Phi) is 9.41. The molecule has 1 N–H and O–H groups in total. The molecule has 1 fully saturated rings. The van der Waals surface area contributed by atoms with Crippen molar-refractivity contribution in [3.8, 4) is 0 Å². The number of halogens is 1. The fraction of sp³-hybridized carbons (Fsp3) is 0.481. The number of carbonyl (C=O) groups is 2. The maximum absolute atomic E-state index is 13.7. The predicted molar refractivity (Wildman–Crippen MR) is 145 cm³/mol. The number of sulfonamides is 1. The molecule has 36 heavy (non-hydrogen) atoms. The number of nitrogens with zero attached hydrogens (tertiary/aromatic N) is 2. The second-order valence-electron chi connectivity index (χ2n) is 9.69. The van der Waals surface area contributed by atoms with E-state index in [4.69, 9.17) is 11.6 Å². The molecule has 9 heteroatoms. The minimum absolute atomic E-state index is 0.0855. The number of aryl methyl sites for hydroxylation is 2. The molecule has 0 saturated heterocycles. The summed E-state index contributed by atoms with van der Waals surface area (Å²) in [5, 5.41) is 3.57. The number of amides is 2. The smallest absolute Gasteiger partial charge is 0.244 e. The van der Waals surface area contributed by atoms with Gasteiger partial charge < -0.3 is 10.2 Å². The van der Waals surface area contributed by atoms with Crippen molar-refractivity contribution < 1.29 is 18.0 Å². The fourth-order valence-corrected chi connectivity index (χ4v) is 5.64. The molecule has 2 amide bonds. The van der Waals surface area contributed by atoms with Crippen molar-refractivity contribution in [2.75, 3.05) is 17.1 Å². The Morgan fingerprint density at radius 2 is 1.75 bits per heavy atom. The highest BCUT2D eigenvalue weighted by atomic mass is 35.5. The lowest BCUT2D eigenvalue weighted by Gasteiger charge is -2.33. The summed E-state index contributed by atoms with van der Waals surface area (Å²) in [6.07, 6.45) is 6.23. The normalized spacial score (nSPS) is 15.2. The average molecular weight is 534 g/mol. The van der Waals surface area contributed by atoms with Gasteiger partial charge in [0, 0.05) is 17.6 Å². The molecule has 0 heterocycles. The molecule has 7 nitrogen and oxygen atoms in total. The number of hydrogen-bond acceptors (Lipinski definition) is 4. The van der Waals surface area contributed by atoms with E-state index in [0.717, 1.165) is 47.4 Å². The van der Waals surface area contributed by atoms with Crippen molar-refractivity contribution in [1.82, 2.24) is 10.2 Å². The Morgan fingerprint density at radius 1 is 1.08 bits per heavy atom. The van der Waals surface area contributed by atoms with Gasteiger partial charge in [0.05, 0.1) is 11.9 Å². The summed E-state index contributed by atoms with van der Waals surface area (Å²) in [4.78, 5) is 28.4. The Labute approximate surface area is 219 Å². The second-order valence-corrected chi connectivity index (χ2v) is 12.0. The molecule has 1 aliphatic rings. The van der Waals surface area contributed by atoms with E-state index in [9.17, 15) is 18.0 Å². The van der Waals surface area contributed by atoms with Gasteiger partial charge in [-0.3, -0.25) is 13.9 Å².